The van der Waals surface area contributed by atoms with E-state index in [-0.39, 0.29) is 12.1 Å². The molecule has 0 aliphatic heterocycles. The van der Waals surface area contributed by atoms with E-state index in [0.29, 0.717) is 0 Å². The molecular weight excluding hydrogens is 263 g/mol. The minimum atomic E-state index is -0.777. The second kappa shape index (κ2) is 5.92. The maximum atomic E-state index is 13.0. The average Bonchev–Trinajstić information content (AvgIpc) is 2.45. The maximum Gasteiger partial charge on any atom is 0.285 e. The topological polar surface area (TPSA) is 72.2 Å². The summed E-state index contributed by atoms with van der Waals surface area (Å²) in [6.07, 6.45) is 0. The smallest absolute Gasteiger partial charge is 0.285 e. The molecule has 2 aromatic rings. The number of nitrogens with one attached hydrogen (secondary N) is 1. The second-order valence-corrected chi connectivity index (χ2v) is 4.09. The normalized spacial score (nSPS) is 10.1. The fraction of sp³-hybridized carbons (Fsp3) is 0.0714. The van der Waals surface area contributed by atoms with Crippen LogP contribution in [0.5, 0.6) is 0 Å². The van der Waals surface area contributed by atoms with Gasteiger partial charge in [-0.05, 0) is 17.7 Å². The first-order valence-electron chi connectivity index (χ1n) is 5.84. The largest absolute Gasteiger partial charge is 0.348 e. The van der Waals surface area contributed by atoms with Crippen molar-refractivity contribution in [3.05, 3.63) is 75.6 Å². The van der Waals surface area contributed by atoms with Gasteiger partial charge in [-0.2, -0.15) is 0 Å². The first-order valence-corrected chi connectivity index (χ1v) is 5.84. The number of carbonyl (C=O) groups excluding carboxylic acids is 1. The Hall–Kier alpha value is -2.76. The molecule has 0 radical (unpaired) electrons. The molecule has 6 heteroatoms. The first kappa shape index (κ1) is 13.7. The molecule has 0 atom stereocenters. The fourth-order valence-corrected chi connectivity index (χ4v) is 1.72. The van der Waals surface area contributed by atoms with Crippen LogP contribution in [-0.4, -0.2) is 10.8 Å². The van der Waals surface area contributed by atoms with E-state index >= 15 is 0 Å². The Kier molecular flexibility index (Phi) is 4.05. The van der Waals surface area contributed by atoms with Crippen molar-refractivity contribution >= 4 is 11.6 Å². The van der Waals surface area contributed by atoms with E-state index in [2.05, 4.69) is 5.32 Å². The summed E-state index contributed by atoms with van der Waals surface area (Å²) in [5, 5.41) is 13.4. The van der Waals surface area contributed by atoms with Gasteiger partial charge in [0, 0.05) is 6.54 Å². The molecule has 0 spiro atoms. The quantitative estimate of drug-likeness (QED) is 0.688. The molecule has 1 N–H and O–H groups in total. The van der Waals surface area contributed by atoms with Gasteiger partial charge in [-0.1, -0.05) is 30.3 Å². The zero-order chi connectivity index (χ0) is 14.5. The first-order chi connectivity index (χ1) is 9.58. The Labute approximate surface area is 114 Å². The van der Waals surface area contributed by atoms with Crippen molar-refractivity contribution in [3.8, 4) is 0 Å². The molecule has 5 nitrogen and oxygen atoms in total. The summed E-state index contributed by atoms with van der Waals surface area (Å²) >= 11 is 0. The third-order valence-corrected chi connectivity index (χ3v) is 2.70. The molecule has 0 aromatic heterocycles. The molecule has 0 unspecified atom stereocenters. The van der Waals surface area contributed by atoms with Gasteiger partial charge in [0.15, 0.2) is 0 Å². The Morgan fingerprint density at radius 3 is 2.55 bits per heavy atom. The molecule has 0 bridgehead atoms. The summed E-state index contributed by atoms with van der Waals surface area (Å²) in [6.45, 7) is 0.244. The van der Waals surface area contributed by atoms with E-state index in [1.807, 2.05) is 30.3 Å². The van der Waals surface area contributed by atoms with E-state index in [4.69, 9.17) is 0 Å². The number of hydrogen-bond acceptors (Lipinski definition) is 3. The van der Waals surface area contributed by atoms with Crippen molar-refractivity contribution in [1.29, 1.82) is 0 Å². The third-order valence-electron chi connectivity index (χ3n) is 2.70. The molecule has 20 heavy (non-hydrogen) atoms. The molecule has 0 heterocycles. The van der Waals surface area contributed by atoms with Crippen LogP contribution in [0.25, 0.3) is 0 Å². The van der Waals surface area contributed by atoms with Crippen molar-refractivity contribution in [2.75, 3.05) is 0 Å². The summed E-state index contributed by atoms with van der Waals surface area (Å²) in [5.41, 5.74) is 0.161. The highest BCUT2D eigenvalue weighted by Gasteiger charge is 2.20. The van der Waals surface area contributed by atoms with Gasteiger partial charge < -0.3 is 5.32 Å². The van der Waals surface area contributed by atoms with Gasteiger partial charge in [0.2, 0.25) is 0 Å². The standard InChI is InChI=1S/C14H11FN2O3/c15-11-6-7-12(13(8-11)17(19)20)14(18)16-9-10-4-2-1-3-5-10/h1-8H,9H2,(H,16,18). The van der Waals surface area contributed by atoms with Gasteiger partial charge in [0.1, 0.15) is 11.4 Å². The molecular formula is C14H11FN2O3. The SMILES string of the molecule is O=C(NCc1ccccc1)c1ccc(F)cc1[N+](=O)[O-]. The Balaban J connectivity index is 2.15. The minimum absolute atomic E-state index is 0.160. The minimum Gasteiger partial charge on any atom is -0.348 e. The van der Waals surface area contributed by atoms with E-state index in [9.17, 15) is 19.3 Å². The summed E-state index contributed by atoms with van der Waals surface area (Å²) in [4.78, 5) is 22.0. The zero-order valence-corrected chi connectivity index (χ0v) is 10.4. The van der Waals surface area contributed by atoms with Gasteiger partial charge in [0.05, 0.1) is 11.0 Å². The van der Waals surface area contributed by atoms with Crippen LogP contribution in [0.2, 0.25) is 0 Å². The Bertz CT molecular complexity index is 644. The van der Waals surface area contributed by atoms with Crippen LogP contribution >= 0.6 is 0 Å². The van der Waals surface area contributed by atoms with E-state index in [1.165, 1.54) is 0 Å². The van der Waals surface area contributed by atoms with Gasteiger partial charge in [-0.25, -0.2) is 4.39 Å². The highest BCUT2D eigenvalue weighted by Crippen LogP contribution is 2.19. The van der Waals surface area contributed by atoms with Crippen molar-refractivity contribution in [2.45, 2.75) is 6.54 Å². The van der Waals surface area contributed by atoms with Crippen molar-refractivity contribution in [2.24, 2.45) is 0 Å². The number of halogens is 1. The van der Waals surface area contributed by atoms with Gasteiger partial charge in [-0.15, -0.1) is 0 Å². The van der Waals surface area contributed by atoms with Crippen LogP contribution in [0.15, 0.2) is 48.5 Å². The molecule has 0 saturated heterocycles. The fourth-order valence-electron chi connectivity index (χ4n) is 1.72. The van der Waals surface area contributed by atoms with Crippen LogP contribution in [0, 0.1) is 15.9 Å². The monoisotopic (exact) mass is 274 g/mol. The summed E-state index contributed by atoms with van der Waals surface area (Å²) in [7, 11) is 0. The van der Waals surface area contributed by atoms with E-state index in [1.54, 1.807) is 0 Å². The van der Waals surface area contributed by atoms with Crippen LogP contribution < -0.4 is 5.32 Å². The average molecular weight is 274 g/mol. The predicted molar refractivity (Wildman–Crippen MR) is 70.7 cm³/mol. The number of hydrogen-bond donors (Lipinski definition) is 1. The molecule has 0 saturated carbocycles. The van der Waals surface area contributed by atoms with E-state index in [0.717, 1.165) is 23.8 Å². The molecule has 1 amide bonds. The van der Waals surface area contributed by atoms with Crippen molar-refractivity contribution in [1.82, 2.24) is 5.32 Å². The molecule has 2 aromatic carbocycles. The number of nitro groups is 1. The molecule has 0 aliphatic carbocycles. The lowest BCUT2D eigenvalue weighted by atomic mass is 10.1. The molecule has 102 valence electrons. The lowest BCUT2D eigenvalue weighted by molar-refractivity contribution is -0.385. The summed E-state index contributed by atoms with van der Waals surface area (Å²) in [5.74, 6) is -1.36. The number of carbonyl (C=O) groups is 1. The van der Waals surface area contributed by atoms with Gasteiger partial charge in [0.25, 0.3) is 11.6 Å². The number of nitro benzene ring substituents is 1. The molecule has 0 aliphatic rings. The third kappa shape index (κ3) is 3.17. The van der Waals surface area contributed by atoms with Crippen LogP contribution in [0.1, 0.15) is 15.9 Å². The van der Waals surface area contributed by atoms with E-state index < -0.39 is 22.3 Å². The highest BCUT2D eigenvalue weighted by atomic mass is 19.1. The lowest BCUT2D eigenvalue weighted by Crippen LogP contribution is -2.23. The van der Waals surface area contributed by atoms with Crippen molar-refractivity contribution in [3.63, 3.8) is 0 Å². The number of benzene rings is 2. The van der Waals surface area contributed by atoms with Gasteiger partial charge >= 0.3 is 0 Å². The van der Waals surface area contributed by atoms with Crippen molar-refractivity contribution < 1.29 is 14.1 Å². The van der Waals surface area contributed by atoms with Crippen LogP contribution in [0.3, 0.4) is 0 Å². The number of amides is 1. The maximum absolute atomic E-state index is 13.0. The lowest BCUT2D eigenvalue weighted by Gasteiger charge is -2.06. The molecule has 2 rings (SSSR count). The second-order valence-electron chi connectivity index (χ2n) is 4.09. The molecule has 0 fully saturated rings. The summed E-state index contributed by atoms with van der Waals surface area (Å²) in [6, 6.07) is 12.0. The predicted octanol–water partition coefficient (Wildman–Crippen LogP) is 2.66. The van der Waals surface area contributed by atoms with Crippen LogP contribution in [-0.2, 0) is 6.54 Å². The number of rotatable bonds is 4. The highest BCUT2D eigenvalue weighted by molar-refractivity contribution is 5.98. The Morgan fingerprint density at radius 2 is 1.90 bits per heavy atom. The Morgan fingerprint density at radius 1 is 1.20 bits per heavy atom. The zero-order valence-electron chi connectivity index (χ0n) is 10.4. The van der Waals surface area contributed by atoms with Crippen LogP contribution in [0.4, 0.5) is 10.1 Å². The summed E-state index contributed by atoms with van der Waals surface area (Å²) < 4.78 is 13.0. The van der Waals surface area contributed by atoms with Gasteiger partial charge in [-0.3, -0.25) is 14.9 Å². The number of nitrogens with zero attached hydrogens (tertiary/aromatic N) is 1.